The summed E-state index contributed by atoms with van der Waals surface area (Å²) < 4.78 is 1.82. The lowest BCUT2D eigenvalue weighted by Crippen LogP contribution is -2.17. The van der Waals surface area contributed by atoms with Gasteiger partial charge >= 0.3 is 0 Å². The van der Waals surface area contributed by atoms with E-state index >= 15 is 0 Å². The zero-order valence-corrected chi connectivity index (χ0v) is 7.25. The number of hydrogen-bond donors (Lipinski definition) is 2. The second-order valence-electron chi connectivity index (χ2n) is 3.34. The first-order chi connectivity index (χ1) is 5.75. The number of nitrogens with zero attached hydrogens (tertiary/aromatic N) is 2. The first-order valence-electron chi connectivity index (χ1n) is 4.27. The monoisotopic (exact) mass is 166 g/mol. The standard InChI is InChI=1S/C8H14N4/c1-12-7(4-8(9)11-12)5-10-6-2-3-6/h4,6,10H,2-3,5H2,1H3,(H2,9,11). The van der Waals surface area contributed by atoms with E-state index in [4.69, 9.17) is 5.73 Å². The number of nitrogens with two attached hydrogens (primary N) is 1. The van der Waals surface area contributed by atoms with E-state index in [2.05, 4.69) is 10.4 Å². The molecule has 1 aliphatic carbocycles. The summed E-state index contributed by atoms with van der Waals surface area (Å²) in [5.41, 5.74) is 6.69. The normalized spacial score (nSPS) is 16.8. The van der Waals surface area contributed by atoms with E-state index in [-0.39, 0.29) is 0 Å². The minimum absolute atomic E-state index is 0.602. The predicted octanol–water partition coefficient (Wildman–Crippen LogP) is 0.254. The van der Waals surface area contributed by atoms with Crippen LogP contribution in [0.15, 0.2) is 6.07 Å². The molecule has 3 N–H and O–H groups in total. The maximum atomic E-state index is 5.54. The van der Waals surface area contributed by atoms with Crippen molar-refractivity contribution >= 4 is 5.82 Å². The Balaban J connectivity index is 1.96. The minimum Gasteiger partial charge on any atom is -0.382 e. The van der Waals surface area contributed by atoms with Gasteiger partial charge in [-0.15, -0.1) is 0 Å². The van der Waals surface area contributed by atoms with E-state index in [9.17, 15) is 0 Å². The zero-order valence-electron chi connectivity index (χ0n) is 7.25. The molecular weight excluding hydrogens is 152 g/mol. The SMILES string of the molecule is Cn1nc(N)cc1CNC1CC1. The number of rotatable bonds is 3. The third-order valence-electron chi connectivity index (χ3n) is 2.14. The van der Waals surface area contributed by atoms with Crippen LogP contribution in [-0.2, 0) is 13.6 Å². The molecule has 4 heteroatoms. The molecule has 66 valence electrons. The Morgan fingerprint density at radius 2 is 2.50 bits per heavy atom. The molecule has 0 saturated heterocycles. The molecule has 4 nitrogen and oxygen atoms in total. The number of nitrogens with one attached hydrogen (secondary N) is 1. The lowest BCUT2D eigenvalue weighted by molar-refractivity contribution is 0.624. The molecular formula is C8H14N4. The maximum absolute atomic E-state index is 5.54. The fourth-order valence-electron chi connectivity index (χ4n) is 1.23. The number of aromatic nitrogens is 2. The van der Waals surface area contributed by atoms with Crippen molar-refractivity contribution in [3.8, 4) is 0 Å². The van der Waals surface area contributed by atoms with Gasteiger partial charge in [0.15, 0.2) is 0 Å². The van der Waals surface area contributed by atoms with Crippen LogP contribution < -0.4 is 11.1 Å². The molecule has 0 unspecified atom stereocenters. The van der Waals surface area contributed by atoms with Gasteiger partial charge in [-0.3, -0.25) is 4.68 Å². The lowest BCUT2D eigenvalue weighted by Gasteiger charge is -2.01. The van der Waals surface area contributed by atoms with Crippen LogP contribution in [0, 0.1) is 0 Å². The molecule has 1 fully saturated rings. The fourth-order valence-corrected chi connectivity index (χ4v) is 1.23. The predicted molar refractivity (Wildman–Crippen MR) is 47.5 cm³/mol. The molecule has 1 heterocycles. The largest absolute Gasteiger partial charge is 0.382 e. The molecule has 0 aliphatic heterocycles. The number of anilines is 1. The van der Waals surface area contributed by atoms with Gasteiger partial charge in [0.1, 0.15) is 5.82 Å². The van der Waals surface area contributed by atoms with Crippen LogP contribution in [0.25, 0.3) is 0 Å². The van der Waals surface area contributed by atoms with Gasteiger partial charge in [-0.05, 0) is 12.8 Å². The number of aryl methyl sites for hydroxylation is 1. The summed E-state index contributed by atoms with van der Waals surface area (Å²) in [5, 5.41) is 7.47. The smallest absolute Gasteiger partial charge is 0.145 e. The highest BCUT2D eigenvalue weighted by atomic mass is 15.3. The Hall–Kier alpha value is -1.03. The lowest BCUT2D eigenvalue weighted by atomic mass is 10.4. The third kappa shape index (κ3) is 1.58. The topological polar surface area (TPSA) is 55.9 Å². The van der Waals surface area contributed by atoms with Crippen molar-refractivity contribution in [2.45, 2.75) is 25.4 Å². The average molecular weight is 166 g/mol. The van der Waals surface area contributed by atoms with Gasteiger partial charge < -0.3 is 11.1 Å². The third-order valence-corrected chi connectivity index (χ3v) is 2.14. The van der Waals surface area contributed by atoms with E-state index in [1.54, 1.807) is 0 Å². The van der Waals surface area contributed by atoms with Crippen molar-refractivity contribution in [1.29, 1.82) is 0 Å². The Labute approximate surface area is 71.7 Å². The van der Waals surface area contributed by atoms with Crippen LogP contribution >= 0.6 is 0 Å². The highest BCUT2D eigenvalue weighted by molar-refractivity contribution is 5.29. The second-order valence-corrected chi connectivity index (χ2v) is 3.34. The quantitative estimate of drug-likeness (QED) is 0.677. The van der Waals surface area contributed by atoms with Gasteiger partial charge in [0.25, 0.3) is 0 Å². The van der Waals surface area contributed by atoms with Crippen molar-refractivity contribution in [1.82, 2.24) is 15.1 Å². The van der Waals surface area contributed by atoms with Crippen molar-refractivity contribution in [2.24, 2.45) is 7.05 Å². The average Bonchev–Trinajstić information content (AvgIpc) is 2.76. The van der Waals surface area contributed by atoms with Crippen LogP contribution in [0.1, 0.15) is 18.5 Å². The summed E-state index contributed by atoms with van der Waals surface area (Å²) in [6.07, 6.45) is 2.63. The summed E-state index contributed by atoms with van der Waals surface area (Å²) in [6.45, 7) is 0.880. The highest BCUT2D eigenvalue weighted by Crippen LogP contribution is 2.19. The molecule has 1 saturated carbocycles. The molecule has 2 rings (SSSR count). The van der Waals surface area contributed by atoms with Gasteiger partial charge in [0, 0.05) is 25.7 Å². The molecule has 1 aliphatic rings. The van der Waals surface area contributed by atoms with Crippen molar-refractivity contribution in [2.75, 3.05) is 5.73 Å². The fraction of sp³-hybridized carbons (Fsp3) is 0.625. The molecule has 0 bridgehead atoms. The first-order valence-corrected chi connectivity index (χ1v) is 4.27. The summed E-state index contributed by atoms with van der Waals surface area (Å²) >= 11 is 0. The molecule has 0 amide bonds. The molecule has 12 heavy (non-hydrogen) atoms. The van der Waals surface area contributed by atoms with Crippen LogP contribution in [-0.4, -0.2) is 15.8 Å². The highest BCUT2D eigenvalue weighted by Gasteiger charge is 2.20. The van der Waals surface area contributed by atoms with Crippen LogP contribution in [0.5, 0.6) is 0 Å². The van der Waals surface area contributed by atoms with Gasteiger partial charge in [-0.2, -0.15) is 5.10 Å². The van der Waals surface area contributed by atoms with Crippen LogP contribution in [0.2, 0.25) is 0 Å². The van der Waals surface area contributed by atoms with E-state index in [1.807, 2.05) is 17.8 Å². The Kier molecular flexibility index (Phi) is 1.77. The maximum Gasteiger partial charge on any atom is 0.145 e. The Morgan fingerprint density at radius 1 is 1.75 bits per heavy atom. The van der Waals surface area contributed by atoms with Gasteiger partial charge in [-0.1, -0.05) is 0 Å². The molecule has 0 radical (unpaired) electrons. The zero-order chi connectivity index (χ0) is 8.55. The molecule has 0 spiro atoms. The minimum atomic E-state index is 0.602. The van der Waals surface area contributed by atoms with E-state index in [1.165, 1.54) is 12.8 Å². The number of nitrogen functional groups attached to an aromatic ring is 1. The summed E-state index contributed by atoms with van der Waals surface area (Å²) in [7, 11) is 1.92. The van der Waals surface area contributed by atoms with Crippen molar-refractivity contribution < 1.29 is 0 Å². The Morgan fingerprint density at radius 3 is 3.00 bits per heavy atom. The number of hydrogen-bond acceptors (Lipinski definition) is 3. The first kappa shape index (κ1) is 7.61. The molecule has 1 aromatic rings. The van der Waals surface area contributed by atoms with Gasteiger partial charge in [0.2, 0.25) is 0 Å². The molecule has 0 atom stereocenters. The van der Waals surface area contributed by atoms with Crippen LogP contribution in [0.3, 0.4) is 0 Å². The van der Waals surface area contributed by atoms with Crippen molar-refractivity contribution in [3.05, 3.63) is 11.8 Å². The van der Waals surface area contributed by atoms with Gasteiger partial charge in [0.05, 0.1) is 5.69 Å². The second kappa shape index (κ2) is 2.79. The van der Waals surface area contributed by atoms with E-state index in [0.717, 1.165) is 18.3 Å². The van der Waals surface area contributed by atoms with E-state index < -0.39 is 0 Å². The summed E-state index contributed by atoms with van der Waals surface area (Å²) in [5.74, 6) is 0.602. The summed E-state index contributed by atoms with van der Waals surface area (Å²) in [4.78, 5) is 0. The van der Waals surface area contributed by atoms with E-state index in [0.29, 0.717) is 5.82 Å². The molecule has 1 aromatic heterocycles. The Bertz CT molecular complexity index is 275. The van der Waals surface area contributed by atoms with Crippen LogP contribution in [0.4, 0.5) is 5.82 Å². The summed E-state index contributed by atoms with van der Waals surface area (Å²) in [6, 6.07) is 2.65. The van der Waals surface area contributed by atoms with Gasteiger partial charge in [-0.25, -0.2) is 0 Å². The van der Waals surface area contributed by atoms with Crippen molar-refractivity contribution in [3.63, 3.8) is 0 Å². The molecule has 0 aromatic carbocycles.